The standard InChI is InChI=1S/C17H13BrFNO4S/c1-10-14(9-17(21)22)15-8-12(19)4-7-16(15)20(10)25(23,24)13-5-2-11(18)3-6-13/h2-8H,9H2,1H3,(H,21,22). The predicted molar refractivity (Wildman–Crippen MR) is 94.7 cm³/mol. The van der Waals surface area contributed by atoms with Crippen LogP contribution in [0.4, 0.5) is 4.39 Å². The van der Waals surface area contributed by atoms with E-state index < -0.39 is 28.2 Å². The van der Waals surface area contributed by atoms with Gasteiger partial charge in [0.1, 0.15) is 5.82 Å². The second-order valence-electron chi connectivity index (χ2n) is 5.52. The summed E-state index contributed by atoms with van der Waals surface area (Å²) in [6.45, 7) is 1.52. The molecule has 0 aliphatic heterocycles. The SMILES string of the molecule is Cc1c(CC(=O)O)c2cc(F)ccc2n1S(=O)(=O)c1ccc(Br)cc1. The molecule has 0 aliphatic rings. The summed E-state index contributed by atoms with van der Waals surface area (Å²) in [7, 11) is -3.96. The fourth-order valence-corrected chi connectivity index (χ4v) is 4.67. The molecule has 2 aromatic carbocycles. The molecule has 0 unspecified atom stereocenters. The zero-order valence-electron chi connectivity index (χ0n) is 13.0. The van der Waals surface area contributed by atoms with Crippen molar-refractivity contribution in [3.8, 4) is 0 Å². The fraction of sp³-hybridized carbons (Fsp3) is 0.118. The van der Waals surface area contributed by atoms with Gasteiger partial charge < -0.3 is 5.11 Å². The number of benzene rings is 2. The number of carboxylic acids is 1. The van der Waals surface area contributed by atoms with Crippen molar-refractivity contribution in [2.75, 3.05) is 0 Å². The van der Waals surface area contributed by atoms with Crippen molar-refractivity contribution in [3.63, 3.8) is 0 Å². The van der Waals surface area contributed by atoms with Crippen LogP contribution in [0.25, 0.3) is 10.9 Å². The Kier molecular flexibility index (Phi) is 4.42. The van der Waals surface area contributed by atoms with Crippen molar-refractivity contribution in [2.24, 2.45) is 0 Å². The Morgan fingerprint density at radius 3 is 2.44 bits per heavy atom. The van der Waals surface area contributed by atoms with Gasteiger partial charge in [0.25, 0.3) is 10.0 Å². The predicted octanol–water partition coefficient (Wildman–Crippen LogP) is 3.72. The van der Waals surface area contributed by atoms with E-state index in [4.69, 9.17) is 5.11 Å². The number of carbonyl (C=O) groups is 1. The zero-order chi connectivity index (χ0) is 18.4. The van der Waals surface area contributed by atoms with Gasteiger partial charge in [-0.3, -0.25) is 4.79 Å². The molecule has 0 radical (unpaired) electrons. The van der Waals surface area contributed by atoms with Crippen molar-refractivity contribution in [1.82, 2.24) is 3.97 Å². The molecule has 0 spiro atoms. The average Bonchev–Trinajstić information content (AvgIpc) is 2.80. The minimum Gasteiger partial charge on any atom is -0.481 e. The first-order chi connectivity index (χ1) is 11.7. The number of rotatable bonds is 4. The van der Waals surface area contributed by atoms with Crippen LogP contribution in [-0.4, -0.2) is 23.5 Å². The van der Waals surface area contributed by atoms with Crippen LogP contribution in [-0.2, 0) is 21.2 Å². The third-order valence-electron chi connectivity index (χ3n) is 3.92. The topological polar surface area (TPSA) is 76.4 Å². The van der Waals surface area contributed by atoms with E-state index in [0.29, 0.717) is 0 Å². The highest BCUT2D eigenvalue weighted by atomic mass is 79.9. The summed E-state index contributed by atoms with van der Waals surface area (Å²) >= 11 is 3.25. The quantitative estimate of drug-likeness (QED) is 0.690. The van der Waals surface area contributed by atoms with Crippen LogP contribution >= 0.6 is 15.9 Å². The van der Waals surface area contributed by atoms with Gasteiger partial charge in [0.05, 0.1) is 16.8 Å². The number of fused-ring (bicyclic) bond motifs is 1. The van der Waals surface area contributed by atoms with Crippen LogP contribution in [0.1, 0.15) is 11.3 Å². The molecule has 0 bridgehead atoms. The normalized spacial score (nSPS) is 11.8. The first kappa shape index (κ1) is 17.6. The third kappa shape index (κ3) is 3.07. The van der Waals surface area contributed by atoms with E-state index >= 15 is 0 Å². The molecule has 3 rings (SSSR count). The molecule has 1 N–H and O–H groups in total. The number of hydrogen-bond acceptors (Lipinski definition) is 3. The second-order valence-corrected chi connectivity index (χ2v) is 8.22. The van der Waals surface area contributed by atoms with Crippen molar-refractivity contribution in [2.45, 2.75) is 18.2 Å². The lowest BCUT2D eigenvalue weighted by Crippen LogP contribution is -2.15. The van der Waals surface area contributed by atoms with E-state index in [9.17, 15) is 17.6 Å². The zero-order valence-corrected chi connectivity index (χ0v) is 15.4. The Morgan fingerprint density at radius 1 is 1.20 bits per heavy atom. The smallest absolute Gasteiger partial charge is 0.307 e. The summed E-state index contributed by atoms with van der Waals surface area (Å²) in [4.78, 5) is 11.2. The Labute approximate surface area is 151 Å². The number of nitrogens with zero attached hydrogens (tertiary/aromatic N) is 1. The highest BCUT2D eigenvalue weighted by Crippen LogP contribution is 2.31. The van der Waals surface area contributed by atoms with Crippen LogP contribution in [0.2, 0.25) is 0 Å². The molecule has 3 aromatic rings. The molecule has 1 aromatic heterocycles. The first-order valence-corrected chi connectivity index (χ1v) is 9.47. The number of hydrogen-bond donors (Lipinski definition) is 1. The Balaban J connectivity index is 2.34. The summed E-state index contributed by atoms with van der Waals surface area (Å²) in [5.41, 5.74) is 0.784. The van der Waals surface area contributed by atoms with Gasteiger partial charge in [-0.05, 0) is 55.0 Å². The molecule has 130 valence electrons. The number of carboxylic acid groups (broad SMARTS) is 1. The molecule has 1 heterocycles. The van der Waals surface area contributed by atoms with E-state index in [0.717, 1.165) is 20.6 Å². The van der Waals surface area contributed by atoms with Gasteiger partial charge in [-0.1, -0.05) is 15.9 Å². The summed E-state index contributed by atoms with van der Waals surface area (Å²) < 4.78 is 41.6. The lowest BCUT2D eigenvalue weighted by molar-refractivity contribution is -0.136. The average molecular weight is 426 g/mol. The van der Waals surface area contributed by atoms with Gasteiger partial charge in [0.15, 0.2) is 0 Å². The maximum Gasteiger partial charge on any atom is 0.307 e. The summed E-state index contributed by atoms with van der Waals surface area (Å²) in [5.74, 6) is -1.68. The van der Waals surface area contributed by atoms with E-state index in [1.54, 1.807) is 12.1 Å². The van der Waals surface area contributed by atoms with Crippen LogP contribution in [0.5, 0.6) is 0 Å². The number of aliphatic carboxylic acids is 1. The summed E-state index contributed by atoms with van der Waals surface area (Å²) in [6.07, 6.45) is -0.394. The van der Waals surface area contributed by atoms with Crippen molar-refractivity contribution in [1.29, 1.82) is 0 Å². The molecular formula is C17H13BrFNO4S. The van der Waals surface area contributed by atoms with Crippen molar-refractivity contribution >= 4 is 42.8 Å². The van der Waals surface area contributed by atoms with Crippen molar-refractivity contribution in [3.05, 3.63) is 64.0 Å². The maximum absolute atomic E-state index is 13.6. The minimum absolute atomic E-state index is 0.0573. The Hall–Kier alpha value is -2.19. The molecule has 0 atom stereocenters. The molecule has 8 heteroatoms. The van der Waals surface area contributed by atoms with Crippen LogP contribution in [0, 0.1) is 12.7 Å². The third-order valence-corrected chi connectivity index (χ3v) is 6.27. The molecule has 5 nitrogen and oxygen atoms in total. The highest BCUT2D eigenvalue weighted by molar-refractivity contribution is 9.10. The maximum atomic E-state index is 13.6. The lowest BCUT2D eigenvalue weighted by atomic mass is 10.1. The van der Waals surface area contributed by atoms with E-state index in [1.807, 2.05) is 0 Å². The molecule has 0 saturated heterocycles. The van der Waals surface area contributed by atoms with Crippen LogP contribution in [0.15, 0.2) is 51.8 Å². The van der Waals surface area contributed by atoms with E-state index in [1.165, 1.54) is 25.1 Å². The Morgan fingerprint density at radius 2 is 1.84 bits per heavy atom. The molecular weight excluding hydrogens is 413 g/mol. The largest absolute Gasteiger partial charge is 0.481 e. The summed E-state index contributed by atoms with van der Waals surface area (Å²) in [5, 5.41) is 9.40. The molecule has 25 heavy (non-hydrogen) atoms. The van der Waals surface area contributed by atoms with Crippen LogP contribution < -0.4 is 0 Å². The van der Waals surface area contributed by atoms with Gasteiger partial charge in [0.2, 0.25) is 0 Å². The molecule has 0 saturated carbocycles. The monoisotopic (exact) mass is 425 g/mol. The fourth-order valence-electron chi connectivity index (χ4n) is 2.82. The lowest BCUT2D eigenvalue weighted by Gasteiger charge is -2.10. The van der Waals surface area contributed by atoms with Gasteiger partial charge in [-0.25, -0.2) is 16.8 Å². The van der Waals surface area contributed by atoms with Crippen molar-refractivity contribution < 1.29 is 22.7 Å². The van der Waals surface area contributed by atoms with E-state index in [2.05, 4.69) is 15.9 Å². The van der Waals surface area contributed by atoms with E-state index in [-0.39, 0.29) is 27.1 Å². The van der Waals surface area contributed by atoms with Gasteiger partial charge >= 0.3 is 5.97 Å². The minimum atomic E-state index is -3.96. The first-order valence-electron chi connectivity index (χ1n) is 7.24. The van der Waals surface area contributed by atoms with Gasteiger partial charge in [0, 0.05) is 15.6 Å². The molecule has 0 aliphatic carbocycles. The second kappa shape index (κ2) is 6.27. The highest BCUT2D eigenvalue weighted by Gasteiger charge is 2.26. The molecule has 0 amide bonds. The van der Waals surface area contributed by atoms with Gasteiger partial charge in [-0.2, -0.15) is 0 Å². The summed E-state index contributed by atoms with van der Waals surface area (Å²) in [6, 6.07) is 9.77. The molecule has 0 fully saturated rings. The number of halogens is 2. The van der Waals surface area contributed by atoms with Gasteiger partial charge in [-0.15, -0.1) is 0 Å². The van der Waals surface area contributed by atoms with Crippen LogP contribution in [0.3, 0.4) is 0 Å². The Bertz CT molecular complexity index is 1090. The number of aromatic nitrogens is 1.